The van der Waals surface area contributed by atoms with E-state index in [2.05, 4.69) is 31.9 Å². The van der Waals surface area contributed by atoms with Crippen LogP contribution in [0.15, 0.2) is 60.0 Å². The van der Waals surface area contributed by atoms with Gasteiger partial charge in [0.2, 0.25) is 6.41 Å². The van der Waals surface area contributed by atoms with Gasteiger partial charge in [0.15, 0.2) is 0 Å². The van der Waals surface area contributed by atoms with Gasteiger partial charge in [-0.2, -0.15) is 0 Å². The zero-order chi connectivity index (χ0) is 22.6. The number of hydrazine groups is 1. The van der Waals surface area contributed by atoms with Crippen LogP contribution in [0.5, 0.6) is 5.19 Å². The average molecular weight is 440 g/mol. The van der Waals surface area contributed by atoms with Crippen LogP contribution in [-0.4, -0.2) is 11.4 Å². The molecule has 0 aliphatic heterocycles. The summed E-state index contributed by atoms with van der Waals surface area (Å²) in [6.45, 7) is 10.4. The normalized spacial score (nSPS) is 12.7. The van der Waals surface area contributed by atoms with Gasteiger partial charge >= 0.3 is 0 Å². The van der Waals surface area contributed by atoms with E-state index in [1.165, 1.54) is 36.2 Å². The first-order chi connectivity index (χ1) is 15.0. The number of nitrogens with two attached hydrogens (primary N) is 1. The average Bonchev–Trinajstić information content (AvgIpc) is 3.25. The summed E-state index contributed by atoms with van der Waals surface area (Å²) < 4.78 is 5.98. The number of carbonyl (C=O) groups is 1. The topological polar surface area (TPSA) is 68.5 Å². The van der Waals surface area contributed by atoms with E-state index in [-0.39, 0.29) is 5.92 Å². The van der Waals surface area contributed by atoms with E-state index in [0.717, 1.165) is 28.3 Å². The Bertz CT molecular complexity index is 917. The molecule has 1 aromatic carbocycles. The lowest BCUT2D eigenvalue weighted by molar-refractivity contribution is -0.107. The summed E-state index contributed by atoms with van der Waals surface area (Å²) in [4.78, 5) is 15.8. The van der Waals surface area contributed by atoms with Crippen LogP contribution in [0.1, 0.15) is 62.3 Å². The van der Waals surface area contributed by atoms with Gasteiger partial charge in [-0.3, -0.25) is 9.80 Å². The number of unbranched alkanes of at least 4 members (excludes halogenated alkanes) is 2. The van der Waals surface area contributed by atoms with Gasteiger partial charge in [0.25, 0.3) is 5.19 Å². The fraction of sp³-hybridized carbons (Fsp3) is 0.360. The highest BCUT2D eigenvalue weighted by Crippen LogP contribution is 2.32. The molecule has 2 N–H and O–H groups in total. The minimum absolute atomic E-state index is 0.212. The quantitative estimate of drug-likeness (QED) is 0.100. The molecule has 5 nitrogen and oxygen atoms in total. The monoisotopic (exact) mass is 439 g/mol. The van der Waals surface area contributed by atoms with Crippen molar-refractivity contribution in [1.82, 2.24) is 4.98 Å². The molecule has 31 heavy (non-hydrogen) atoms. The molecular formula is C25H33N3O2S. The Labute approximate surface area is 189 Å². The van der Waals surface area contributed by atoms with Gasteiger partial charge in [0.05, 0.1) is 11.4 Å². The van der Waals surface area contributed by atoms with Gasteiger partial charge in [-0.05, 0) is 31.4 Å². The molecule has 6 heteroatoms. The molecule has 0 aliphatic carbocycles. The standard InChI is InChI=1S/C25H33N3O2S/c1-5-7-9-13-21(14-10-8-6-2)20(4)23-17-31-25(27-23)30-16-22-19(3)12-11-15-24(22)28(26)18-29/h5,7,9,11-13,15,17-18,20H,1,6,8,10,14,16,26H2,2-4H3/b9-7-,21-13-. The Morgan fingerprint density at radius 1 is 1.35 bits per heavy atom. The van der Waals surface area contributed by atoms with Crippen LogP contribution in [0.2, 0.25) is 0 Å². The molecule has 0 spiro atoms. The third kappa shape index (κ3) is 7.19. The first-order valence-electron chi connectivity index (χ1n) is 10.7. The molecule has 1 atom stereocenters. The number of aromatic nitrogens is 1. The Morgan fingerprint density at radius 2 is 2.16 bits per heavy atom. The SMILES string of the molecule is C=C/C=C\C=C(\CCCCC)C(C)c1csc(OCc2c(C)cccc2N(N)C=O)n1. The number of aryl methyl sites for hydroxylation is 1. The molecule has 0 saturated heterocycles. The zero-order valence-corrected chi connectivity index (χ0v) is 19.5. The lowest BCUT2D eigenvalue weighted by Gasteiger charge is -2.17. The van der Waals surface area contributed by atoms with E-state index in [1.54, 1.807) is 12.1 Å². The van der Waals surface area contributed by atoms with Crippen LogP contribution in [0.3, 0.4) is 0 Å². The molecule has 1 amide bonds. The van der Waals surface area contributed by atoms with Crippen molar-refractivity contribution in [2.45, 2.75) is 59.0 Å². The predicted octanol–water partition coefficient (Wildman–Crippen LogP) is 6.22. The number of hydrogen-bond acceptors (Lipinski definition) is 5. The molecule has 0 bridgehead atoms. The number of hydrogen-bond donors (Lipinski definition) is 1. The molecular weight excluding hydrogens is 406 g/mol. The molecule has 1 aromatic heterocycles. The van der Waals surface area contributed by atoms with Gasteiger partial charge in [0, 0.05) is 16.9 Å². The number of benzene rings is 1. The highest BCUT2D eigenvalue weighted by Gasteiger charge is 2.16. The number of anilines is 1. The van der Waals surface area contributed by atoms with Crippen molar-refractivity contribution in [3.8, 4) is 5.19 Å². The summed E-state index contributed by atoms with van der Waals surface area (Å²) in [5.41, 5.74) is 4.88. The molecule has 1 unspecified atom stereocenters. The highest BCUT2D eigenvalue weighted by molar-refractivity contribution is 7.11. The molecule has 2 aromatic rings. The van der Waals surface area contributed by atoms with Crippen LogP contribution >= 0.6 is 11.3 Å². The molecule has 0 fully saturated rings. The van der Waals surface area contributed by atoms with Crippen molar-refractivity contribution in [2.75, 3.05) is 5.01 Å². The van der Waals surface area contributed by atoms with Crippen molar-refractivity contribution in [3.05, 3.63) is 76.9 Å². The van der Waals surface area contributed by atoms with Crippen molar-refractivity contribution in [3.63, 3.8) is 0 Å². The third-order valence-corrected chi connectivity index (χ3v) is 6.01. The molecule has 166 valence electrons. The lowest BCUT2D eigenvalue weighted by Crippen LogP contribution is -2.30. The minimum Gasteiger partial charge on any atom is -0.465 e. The maximum Gasteiger partial charge on any atom is 0.273 e. The first kappa shape index (κ1) is 24.6. The maximum atomic E-state index is 11.1. The molecule has 1 heterocycles. The van der Waals surface area contributed by atoms with Crippen LogP contribution < -0.4 is 15.6 Å². The Kier molecular flexibility index (Phi) is 10.2. The second-order valence-corrected chi connectivity index (χ2v) is 8.27. The van der Waals surface area contributed by atoms with Crippen LogP contribution in [0, 0.1) is 6.92 Å². The summed E-state index contributed by atoms with van der Waals surface area (Å²) in [5.74, 6) is 6.00. The Balaban J connectivity index is 2.13. The van der Waals surface area contributed by atoms with E-state index in [9.17, 15) is 4.79 Å². The number of thiazole rings is 1. The van der Waals surface area contributed by atoms with Crippen molar-refractivity contribution >= 4 is 23.4 Å². The number of nitrogens with zero attached hydrogens (tertiary/aromatic N) is 2. The van der Waals surface area contributed by atoms with Crippen LogP contribution in [-0.2, 0) is 11.4 Å². The molecule has 0 aliphatic rings. The number of amides is 1. The first-order valence-corrected chi connectivity index (χ1v) is 11.5. The predicted molar refractivity (Wildman–Crippen MR) is 130 cm³/mol. The second kappa shape index (κ2) is 12.9. The minimum atomic E-state index is 0.212. The van der Waals surface area contributed by atoms with Crippen molar-refractivity contribution < 1.29 is 9.53 Å². The van der Waals surface area contributed by atoms with E-state index in [0.29, 0.717) is 23.9 Å². The van der Waals surface area contributed by atoms with E-state index < -0.39 is 0 Å². The number of allylic oxidation sites excluding steroid dienone is 5. The summed E-state index contributed by atoms with van der Waals surface area (Å²) >= 11 is 1.49. The molecule has 2 rings (SSSR count). The second-order valence-electron chi connectivity index (χ2n) is 7.45. The molecule has 0 radical (unpaired) electrons. The van der Waals surface area contributed by atoms with Gasteiger partial charge < -0.3 is 4.74 Å². The molecule has 0 saturated carbocycles. The maximum absolute atomic E-state index is 11.1. The van der Waals surface area contributed by atoms with Gasteiger partial charge in [-0.1, -0.05) is 86.6 Å². The van der Waals surface area contributed by atoms with Gasteiger partial charge in [0.1, 0.15) is 6.61 Å². The summed E-state index contributed by atoms with van der Waals surface area (Å²) in [6.07, 6.45) is 13.2. The third-order valence-electron chi connectivity index (χ3n) is 5.24. The smallest absolute Gasteiger partial charge is 0.273 e. The Hall–Kier alpha value is -2.70. The zero-order valence-electron chi connectivity index (χ0n) is 18.7. The van der Waals surface area contributed by atoms with E-state index in [4.69, 9.17) is 15.6 Å². The van der Waals surface area contributed by atoms with Crippen molar-refractivity contribution in [2.24, 2.45) is 5.84 Å². The fourth-order valence-corrected chi connectivity index (χ4v) is 4.08. The van der Waals surface area contributed by atoms with Gasteiger partial charge in [-0.25, -0.2) is 10.8 Å². The largest absolute Gasteiger partial charge is 0.465 e. The highest BCUT2D eigenvalue weighted by atomic mass is 32.1. The summed E-state index contributed by atoms with van der Waals surface area (Å²) in [7, 11) is 0. The number of ether oxygens (including phenoxy) is 1. The summed E-state index contributed by atoms with van der Waals surface area (Å²) in [6, 6.07) is 5.65. The van der Waals surface area contributed by atoms with Crippen molar-refractivity contribution in [1.29, 1.82) is 0 Å². The summed E-state index contributed by atoms with van der Waals surface area (Å²) in [5, 5.41) is 3.75. The van der Waals surface area contributed by atoms with Crippen LogP contribution in [0.25, 0.3) is 0 Å². The van der Waals surface area contributed by atoms with E-state index >= 15 is 0 Å². The Morgan fingerprint density at radius 3 is 2.87 bits per heavy atom. The number of rotatable bonds is 13. The fourth-order valence-electron chi connectivity index (χ4n) is 3.31. The van der Waals surface area contributed by atoms with E-state index in [1.807, 2.05) is 31.2 Å². The lowest BCUT2D eigenvalue weighted by atomic mass is 9.93. The van der Waals surface area contributed by atoms with Crippen LogP contribution in [0.4, 0.5) is 5.69 Å². The number of carbonyl (C=O) groups excluding carboxylic acids is 1. The van der Waals surface area contributed by atoms with Gasteiger partial charge in [-0.15, -0.1) is 0 Å².